The molecule has 2 aliphatic rings. The molecule has 2 atom stereocenters. The van der Waals surface area contributed by atoms with E-state index in [0.717, 1.165) is 13.1 Å². The van der Waals surface area contributed by atoms with Crippen LogP contribution in [0.2, 0.25) is 0 Å². The lowest BCUT2D eigenvalue weighted by molar-refractivity contribution is 0.593. The molecule has 3 heteroatoms. The first kappa shape index (κ1) is 10.2. The molecule has 3 heterocycles. The zero-order chi connectivity index (χ0) is 10.8. The van der Waals surface area contributed by atoms with Crippen molar-refractivity contribution in [2.24, 2.45) is 0 Å². The van der Waals surface area contributed by atoms with Crippen molar-refractivity contribution in [2.45, 2.75) is 37.8 Å². The zero-order valence-electron chi connectivity index (χ0n) is 9.58. The first-order chi connectivity index (χ1) is 7.93. The van der Waals surface area contributed by atoms with Crippen molar-refractivity contribution in [3.8, 4) is 0 Å². The topological polar surface area (TPSA) is 37.0 Å². The second-order valence-electron chi connectivity index (χ2n) is 4.79. The number of rotatable bonds is 2. The third-order valence-electron chi connectivity index (χ3n) is 3.63. The van der Waals surface area contributed by atoms with Crippen molar-refractivity contribution in [3.05, 3.63) is 29.6 Å². The molecule has 0 saturated carbocycles. The Labute approximate surface area is 96.7 Å². The van der Waals surface area contributed by atoms with Gasteiger partial charge in [0.05, 0.1) is 11.4 Å². The average Bonchev–Trinajstić information content (AvgIpc) is 3.03. The van der Waals surface area contributed by atoms with Crippen molar-refractivity contribution >= 4 is 0 Å². The van der Waals surface area contributed by atoms with Crippen LogP contribution in [0.4, 0.5) is 0 Å². The van der Waals surface area contributed by atoms with Crippen molar-refractivity contribution in [1.29, 1.82) is 0 Å². The van der Waals surface area contributed by atoms with Crippen LogP contribution in [0, 0.1) is 0 Å². The summed E-state index contributed by atoms with van der Waals surface area (Å²) < 4.78 is 0. The molecule has 2 N–H and O–H groups in total. The summed E-state index contributed by atoms with van der Waals surface area (Å²) in [6, 6.07) is 7.43. The highest BCUT2D eigenvalue weighted by atomic mass is 15.0. The zero-order valence-corrected chi connectivity index (χ0v) is 9.58. The molecule has 0 amide bonds. The van der Waals surface area contributed by atoms with Crippen LogP contribution in [-0.4, -0.2) is 18.1 Å². The molecule has 0 unspecified atom stereocenters. The van der Waals surface area contributed by atoms with Gasteiger partial charge in [-0.2, -0.15) is 0 Å². The molecule has 3 nitrogen and oxygen atoms in total. The molecule has 86 valence electrons. The molecule has 16 heavy (non-hydrogen) atoms. The van der Waals surface area contributed by atoms with Gasteiger partial charge < -0.3 is 10.6 Å². The second kappa shape index (κ2) is 4.52. The van der Waals surface area contributed by atoms with E-state index in [2.05, 4.69) is 28.8 Å². The Bertz CT molecular complexity index is 321. The summed E-state index contributed by atoms with van der Waals surface area (Å²) in [5.41, 5.74) is 2.45. The lowest BCUT2D eigenvalue weighted by Crippen LogP contribution is -2.18. The highest BCUT2D eigenvalue weighted by Gasteiger charge is 2.21. The first-order valence-electron chi connectivity index (χ1n) is 6.37. The van der Waals surface area contributed by atoms with Gasteiger partial charge in [0.25, 0.3) is 0 Å². The lowest BCUT2D eigenvalue weighted by Gasteiger charge is -2.14. The maximum atomic E-state index is 4.81. The number of aromatic nitrogens is 1. The summed E-state index contributed by atoms with van der Waals surface area (Å²) in [6.45, 7) is 2.27. The molecule has 1 aromatic rings. The fraction of sp³-hybridized carbons (Fsp3) is 0.615. The van der Waals surface area contributed by atoms with E-state index in [1.54, 1.807) is 0 Å². The Morgan fingerprint density at radius 3 is 1.94 bits per heavy atom. The van der Waals surface area contributed by atoms with Crippen LogP contribution in [0.1, 0.15) is 49.2 Å². The van der Waals surface area contributed by atoms with Crippen molar-refractivity contribution in [3.63, 3.8) is 0 Å². The predicted molar refractivity (Wildman–Crippen MR) is 64.2 cm³/mol. The molecule has 0 bridgehead atoms. The minimum atomic E-state index is 0.487. The molecule has 1 aromatic heterocycles. The van der Waals surface area contributed by atoms with Crippen LogP contribution in [0.5, 0.6) is 0 Å². The second-order valence-corrected chi connectivity index (χ2v) is 4.79. The Hall–Kier alpha value is -0.930. The van der Waals surface area contributed by atoms with Gasteiger partial charge >= 0.3 is 0 Å². The average molecular weight is 217 g/mol. The van der Waals surface area contributed by atoms with Gasteiger partial charge in [-0.1, -0.05) is 6.07 Å². The molecule has 2 fully saturated rings. The fourth-order valence-electron chi connectivity index (χ4n) is 2.73. The van der Waals surface area contributed by atoms with Gasteiger partial charge in [-0.25, -0.2) is 0 Å². The summed E-state index contributed by atoms with van der Waals surface area (Å²) in [5, 5.41) is 7.02. The van der Waals surface area contributed by atoms with Gasteiger partial charge in [-0.3, -0.25) is 4.98 Å². The molecule has 0 radical (unpaired) electrons. The summed E-state index contributed by atoms with van der Waals surface area (Å²) in [6.07, 6.45) is 5.01. The van der Waals surface area contributed by atoms with Crippen molar-refractivity contribution in [1.82, 2.24) is 15.6 Å². The largest absolute Gasteiger partial charge is 0.309 e. The van der Waals surface area contributed by atoms with Gasteiger partial charge in [0, 0.05) is 12.1 Å². The van der Waals surface area contributed by atoms with Crippen LogP contribution in [0.25, 0.3) is 0 Å². The van der Waals surface area contributed by atoms with Gasteiger partial charge in [0.1, 0.15) is 0 Å². The van der Waals surface area contributed by atoms with E-state index in [9.17, 15) is 0 Å². The van der Waals surface area contributed by atoms with Gasteiger partial charge in [-0.05, 0) is 50.9 Å². The van der Waals surface area contributed by atoms with Crippen LogP contribution < -0.4 is 10.6 Å². The molecule has 3 rings (SSSR count). The Morgan fingerprint density at radius 2 is 1.50 bits per heavy atom. The number of nitrogens with zero attached hydrogens (tertiary/aromatic N) is 1. The molecular formula is C13H19N3. The molecular weight excluding hydrogens is 198 g/mol. The molecule has 2 aliphatic heterocycles. The summed E-state index contributed by atoms with van der Waals surface area (Å²) >= 11 is 0. The summed E-state index contributed by atoms with van der Waals surface area (Å²) in [7, 11) is 0. The van der Waals surface area contributed by atoms with Crippen molar-refractivity contribution in [2.75, 3.05) is 13.1 Å². The van der Waals surface area contributed by atoms with E-state index in [1.165, 1.54) is 37.1 Å². The first-order valence-corrected chi connectivity index (χ1v) is 6.37. The van der Waals surface area contributed by atoms with Gasteiger partial charge in [0.2, 0.25) is 0 Å². The van der Waals surface area contributed by atoms with E-state index in [4.69, 9.17) is 4.98 Å². The van der Waals surface area contributed by atoms with Crippen LogP contribution in [0.15, 0.2) is 18.2 Å². The standard InChI is InChI=1S/C13H19N3/c1-4-12(10-6-2-8-14-10)16-13(5-1)11-7-3-9-15-11/h1,4-5,10-11,14-15H,2-3,6-9H2/t10-,11-/m0/s1. The Balaban J connectivity index is 1.81. The minimum Gasteiger partial charge on any atom is -0.309 e. The molecule has 0 aromatic carbocycles. The van der Waals surface area contributed by atoms with E-state index < -0.39 is 0 Å². The minimum absolute atomic E-state index is 0.487. The third kappa shape index (κ3) is 1.97. The highest BCUT2D eigenvalue weighted by molar-refractivity contribution is 5.18. The van der Waals surface area contributed by atoms with E-state index in [1.807, 2.05) is 0 Å². The third-order valence-corrected chi connectivity index (χ3v) is 3.63. The Kier molecular flexibility index (Phi) is 2.89. The summed E-state index contributed by atoms with van der Waals surface area (Å²) in [5.74, 6) is 0. The predicted octanol–water partition coefficient (Wildman–Crippen LogP) is 1.93. The van der Waals surface area contributed by atoms with Gasteiger partial charge in [0.15, 0.2) is 0 Å². The SMILES string of the molecule is c1cc([C@@H]2CCCN2)nc([C@@H]2CCCN2)c1. The fourth-order valence-corrected chi connectivity index (χ4v) is 2.73. The normalized spacial score (nSPS) is 29.8. The molecule has 0 aliphatic carbocycles. The summed E-state index contributed by atoms with van der Waals surface area (Å²) in [4.78, 5) is 4.81. The number of hydrogen-bond donors (Lipinski definition) is 2. The number of pyridine rings is 1. The van der Waals surface area contributed by atoms with Crippen LogP contribution in [-0.2, 0) is 0 Å². The van der Waals surface area contributed by atoms with E-state index in [-0.39, 0.29) is 0 Å². The lowest BCUT2D eigenvalue weighted by atomic mass is 10.1. The smallest absolute Gasteiger partial charge is 0.0577 e. The highest BCUT2D eigenvalue weighted by Crippen LogP contribution is 2.25. The van der Waals surface area contributed by atoms with Gasteiger partial charge in [-0.15, -0.1) is 0 Å². The van der Waals surface area contributed by atoms with Crippen LogP contribution >= 0.6 is 0 Å². The molecule has 2 saturated heterocycles. The molecule has 0 spiro atoms. The Morgan fingerprint density at radius 1 is 0.938 bits per heavy atom. The quantitative estimate of drug-likeness (QED) is 0.795. The van der Waals surface area contributed by atoms with E-state index >= 15 is 0 Å². The van der Waals surface area contributed by atoms with Crippen molar-refractivity contribution < 1.29 is 0 Å². The monoisotopic (exact) mass is 217 g/mol. The number of nitrogens with one attached hydrogen (secondary N) is 2. The maximum absolute atomic E-state index is 4.81. The number of hydrogen-bond acceptors (Lipinski definition) is 3. The van der Waals surface area contributed by atoms with E-state index in [0.29, 0.717) is 12.1 Å². The maximum Gasteiger partial charge on any atom is 0.0577 e. The van der Waals surface area contributed by atoms with Crippen LogP contribution in [0.3, 0.4) is 0 Å².